The van der Waals surface area contributed by atoms with Crippen LogP contribution in [0.25, 0.3) is 22.2 Å². The molecule has 1 unspecified atom stereocenters. The first kappa shape index (κ1) is 28.4. The van der Waals surface area contributed by atoms with Gasteiger partial charge in [0.25, 0.3) is 0 Å². The van der Waals surface area contributed by atoms with Crippen LogP contribution < -0.4 is 9.92 Å². The largest absolute Gasteiger partial charge is 0.489 e. The molecule has 44 heavy (non-hydrogen) atoms. The van der Waals surface area contributed by atoms with E-state index < -0.39 is 8.07 Å². The smallest absolute Gasteiger partial charge is 0.122 e. The standard InChI is InChI=1S/C41H49NOSi/c1-7-16-43-39-34(41-23-28-20-29(24-41)22-30(21-28)25-41)18-27(5)19-36(39)44(8-2,9-3)40-32-13-11-10-12-31(32)38-37(40)33-17-26(4)14-15-35(33)42(38)6/h7,10-15,17-19,28-30,40H,1,8-9,16,20-25H2,2-6H3. The lowest BCUT2D eigenvalue weighted by molar-refractivity contribution is -0.00624. The summed E-state index contributed by atoms with van der Waals surface area (Å²) in [6, 6.07) is 24.0. The monoisotopic (exact) mass is 599 g/mol. The fraction of sp³-hybridized carbons (Fsp3) is 0.463. The molecule has 9 rings (SSSR count). The minimum Gasteiger partial charge on any atom is -0.489 e. The molecule has 0 aliphatic heterocycles. The molecule has 1 aromatic heterocycles. The van der Waals surface area contributed by atoms with Crippen molar-refractivity contribution in [1.82, 2.24) is 4.57 Å². The van der Waals surface area contributed by atoms with Crippen LogP contribution in [0.5, 0.6) is 5.75 Å². The van der Waals surface area contributed by atoms with E-state index in [0.717, 1.165) is 17.8 Å². The van der Waals surface area contributed by atoms with Gasteiger partial charge in [0.05, 0.1) is 5.69 Å². The second-order valence-corrected chi connectivity index (χ2v) is 20.1. The molecule has 3 aromatic carbocycles. The van der Waals surface area contributed by atoms with Gasteiger partial charge < -0.3 is 9.30 Å². The van der Waals surface area contributed by atoms with Crippen molar-refractivity contribution in [3.05, 3.63) is 95.1 Å². The lowest BCUT2D eigenvalue weighted by Gasteiger charge is -2.57. The molecule has 4 bridgehead atoms. The van der Waals surface area contributed by atoms with Crippen molar-refractivity contribution in [2.45, 2.75) is 89.3 Å². The minimum atomic E-state index is -2.25. The zero-order valence-electron chi connectivity index (χ0n) is 27.5. The van der Waals surface area contributed by atoms with Crippen molar-refractivity contribution in [2.75, 3.05) is 6.61 Å². The van der Waals surface area contributed by atoms with E-state index in [1.165, 1.54) is 89.6 Å². The van der Waals surface area contributed by atoms with Gasteiger partial charge >= 0.3 is 0 Å². The van der Waals surface area contributed by atoms with Crippen molar-refractivity contribution in [1.29, 1.82) is 0 Å². The van der Waals surface area contributed by atoms with Crippen LogP contribution in [0.2, 0.25) is 12.1 Å². The van der Waals surface area contributed by atoms with Crippen LogP contribution >= 0.6 is 0 Å². The molecule has 4 saturated carbocycles. The summed E-state index contributed by atoms with van der Waals surface area (Å²) in [4.78, 5) is 0. The summed E-state index contributed by atoms with van der Waals surface area (Å²) in [6.07, 6.45) is 10.4. The summed E-state index contributed by atoms with van der Waals surface area (Å²) in [5.41, 5.74) is 12.4. The number of rotatable bonds is 8. The lowest BCUT2D eigenvalue weighted by Crippen LogP contribution is -2.54. The van der Waals surface area contributed by atoms with E-state index >= 15 is 0 Å². The third-order valence-electron chi connectivity index (χ3n) is 12.7. The van der Waals surface area contributed by atoms with Crippen LogP contribution in [0.3, 0.4) is 0 Å². The van der Waals surface area contributed by atoms with Gasteiger partial charge in [0.2, 0.25) is 0 Å². The summed E-state index contributed by atoms with van der Waals surface area (Å²) >= 11 is 0. The second-order valence-electron chi connectivity index (χ2n) is 15.2. The Morgan fingerprint density at radius 2 is 1.59 bits per heavy atom. The number of aromatic nitrogens is 1. The molecule has 5 aliphatic rings. The maximum Gasteiger partial charge on any atom is 0.122 e. The molecule has 1 heterocycles. The average Bonchev–Trinajstić information content (AvgIpc) is 3.49. The maximum atomic E-state index is 7.03. The molecule has 4 aromatic rings. The molecular formula is C41H49NOSi. The van der Waals surface area contributed by atoms with E-state index in [1.54, 1.807) is 21.9 Å². The summed E-state index contributed by atoms with van der Waals surface area (Å²) in [5, 5.41) is 3.03. The van der Waals surface area contributed by atoms with Crippen LogP contribution in [-0.2, 0) is 12.5 Å². The van der Waals surface area contributed by atoms with Gasteiger partial charge in [0.15, 0.2) is 0 Å². The van der Waals surface area contributed by atoms with Crippen LogP contribution in [0.15, 0.2) is 67.3 Å². The number of hydrogen-bond acceptors (Lipinski definition) is 1. The Hall–Kier alpha value is -3.04. The third-order valence-corrected chi connectivity index (χ3v) is 18.4. The fourth-order valence-corrected chi connectivity index (χ4v) is 16.6. The highest BCUT2D eigenvalue weighted by atomic mass is 28.3. The second kappa shape index (κ2) is 10.2. The van der Waals surface area contributed by atoms with Crippen molar-refractivity contribution in [3.63, 3.8) is 0 Å². The van der Waals surface area contributed by atoms with Gasteiger partial charge in [-0.25, -0.2) is 0 Å². The van der Waals surface area contributed by atoms with Gasteiger partial charge in [0.1, 0.15) is 20.4 Å². The number of ether oxygens (including phenoxy) is 1. The molecule has 1 atom stereocenters. The van der Waals surface area contributed by atoms with Crippen LogP contribution in [0.4, 0.5) is 0 Å². The predicted octanol–water partition coefficient (Wildman–Crippen LogP) is 9.88. The number of fused-ring (bicyclic) bond motifs is 5. The van der Waals surface area contributed by atoms with Crippen molar-refractivity contribution >= 4 is 24.2 Å². The molecule has 2 nitrogen and oxygen atoms in total. The summed E-state index contributed by atoms with van der Waals surface area (Å²) in [5.74, 6) is 3.97. The van der Waals surface area contributed by atoms with Crippen LogP contribution in [0.1, 0.15) is 85.7 Å². The maximum absolute atomic E-state index is 7.03. The summed E-state index contributed by atoms with van der Waals surface area (Å²) in [6.45, 7) is 14.3. The highest BCUT2D eigenvalue weighted by Gasteiger charge is 2.55. The number of aryl methyl sites for hydroxylation is 3. The van der Waals surface area contributed by atoms with Gasteiger partial charge in [-0.15, -0.1) is 0 Å². The Morgan fingerprint density at radius 3 is 2.25 bits per heavy atom. The van der Waals surface area contributed by atoms with Gasteiger partial charge in [-0.2, -0.15) is 0 Å². The quantitative estimate of drug-likeness (QED) is 0.145. The number of benzene rings is 3. The van der Waals surface area contributed by atoms with Crippen molar-refractivity contribution < 1.29 is 4.74 Å². The molecular weight excluding hydrogens is 551 g/mol. The predicted molar refractivity (Wildman–Crippen MR) is 188 cm³/mol. The number of nitrogens with zero attached hydrogens (tertiary/aromatic N) is 1. The topological polar surface area (TPSA) is 14.2 Å². The molecule has 228 valence electrons. The molecule has 0 amide bonds. The van der Waals surface area contributed by atoms with E-state index in [1.807, 2.05) is 6.08 Å². The van der Waals surface area contributed by atoms with Gasteiger partial charge in [-0.3, -0.25) is 0 Å². The molecule has 0 saturated heterocycles. The van der Waals surface area contributed by atoms with Crippen LogP contribution in [0, 0.1) is 31.6 Å². The van der Waals surface area contributed by atoms with Crippen LogP contribution in [-0.4, -0.2) is 19.2 Å². The van der Waals surface area contributed by atoms with Gasteiger partial charge in [-0.05, 0) is 104 Å². The van der Waals surface area contributed by atoms with Gasteiger partial charge in [0, 0.05) is 34.6 Å². The lowest BCUT2D eigenvalue weighted by atomic mass is 9.48. The van der Waals surface area contributed by atoms with E-state index in [4.69, 9.17) is 4.74 Å². The zero-order valence-corrected chi connectivity index (χ0v) is 28.5. The van der Waals surface area contributed by atoms with E-state index in [2.05, 4.69) is 100 Å². The van der Waals surface area contributed by atoms with Crippen molar-refractivity contribution in [2.24, 2.45) is 24.8 Å². The normalized spacial score (nSPS) is 26.7. The molecule has 0 spiro atoms. The van der Waals surface area contributed by atoms with E-state index in [0.29, 0.717) is 12.1 Å². The SMILES string of the molecule is C=CCOc1c(C23CC4CC(CC(C4)C2)C3)cc(C)cc1[Si](CC)(CC)C1c2ccccc2-c2c1c1cc(C)ccc1n2C. The van der Waals surface area contributed by atoms with Crippen molar-refractivity contribution in [3.8, 4) is 17.0 Å². The first-order valence-corrected chi connectivity index (χ1v) is 19.9. The molecule has 0 N–H and O–H groups in total. The van der Waals surface area contributed by atoms with E-state index in [-0.39, 0.29) is 5.41 Å². The molecule has 4 fully saturated rings. The van der Waals surface area contributed by atoms with Gasteiger partial charge in [-0.1, -0.05) is 92.2 Å². The molecule has 5 aliphatic carbocycles. The Balaban J connectivity index is 1.41. The highest BCUT2D eigenvalue weighted by Crippen LogP contribution is 2.62. The first-order chi connectivity index (χ1) is 21.3. The summed E-state index contributed by atoms with van der Waals surface area (Å²) in [7, 11) is 0.0307. The Labute approximate surface area is 265 Å². The third kappa shape index (κ3) is 3.90. The Bertz CT molecular complexity index is 1750. The fourth-order valence-electron chi connectivity index (χ4n) is 11.4. The Kier molecular flexibility index (Phi) is 6.62. The average molecular weight is 600 g/mol. The summed E-state index contributed by atoms with van der Waals surface area (Å²) < 4.78 is 9.52. The molecule has 0 radical (unpaired) electrons. The molecule has 3 heteroatoms. The Morgan fingerprint density at radius 1 is 0.909 bits per heavy atom. The first-order valence-electron chi connectivity index (χ1n) is 17.4. The van der Waals surface area contributed by atoms with E-state index in [9.17, 15) is 0 Å². The highest BCUT2D eigenvalue weighted by molar-refractivity contribution is 6.94. The zero-order chi connectivity index (χ0) is 30.4. The minimum absolute atomic E-state index is 0.281. The number of hydrogen-bond donors (Lipinski definition) is 0.